The number of hydrogen-bond donors (Lipinski definition) is 0. The van der Waals surface area contributed by atoms with Gasteiger partial charge in [-0.05, 0) is 17.7 Å². The predicted molar refractivity (Wildman–Crippen MR) is 96.1 cm³/mol. The lowest BCUT2D eigenvalue weighted by atomic mass is 10.1. The van der Waals surface area contributed by atoms with Crippen molar-refractivity contribution in [3.05, 3.63) is 71.8 Å². The summed E-state index contributed by atoms with van der Waals surface area (Å²) in [4.78, 5) is 26.3. The van der Waals surface area contributed by atoms with Crippen LogP contribution in [0.4, 0.5) is 0 Å². The molecule has 1 aliphatic rings. The molecule has 1 amide bonds. The highest BCUT2D eigenvalue weighted by Gasteiger charge is 2.51. The zero-order chi connectivity index (χ0) is 18.7. The molecule has 1 saturated heterocycles. The molecule has 3 rings (SSSR count). The van der Waals surface area contributed by atoms with Crippen LogP contribution in [0.2, 0.25) is 0 Å². The van der Waals surface area contributed by atoms with Gasteiger partial charge in [0.25, 0.3) is 5.91 Å². The van der Waals surface area contributed by atoms with E-state index in [2.05, 4.69) is 0 Å². The molecule has 0 spiro atoms. The molecule has 0 aromatic heterocycles. The second kappa shape index (κ2) is 7.29. The molecule has 136 valence electrons. The Balaban J connectivity index is 2.03. The lowest BCUT2D eigenvalue weighted by Gasteiger charge is -2.27. The molecule has 0 bridgehead atoms. The number of benzene rings is 2. The molecule has 0 radical (unpaired) electrons. The van der Waals surface area contributed by atoms with E-state index in [9.17, 15) is 18.0 Å². The first-order chi connectivity index (χ1) is 12.4. The minimum atomic E-state index is -3.69. The van der Waals surface area contributed by atoms with Crippen molar-refractivity contribution in [3.8, 4) is 0 Å². The van der Waals surface area contributed by atoms with Gasteiger partial charge in [-0.1, -0.05) is 48.5 Å². The molecule has 0 aliphatic carbocycles. The number of carbonyl (C=O) groups is 2. The second-order valence-electron chi connectivity index (χ2n) is 6.09. The largest absolute Gasteiger partial charge is 0.467 e. The van der Waals surface area contributed by atoms with E-state index in [1.54, 1.807) is 54.6 Å². The van der Waals surface area contributed by atoms with Crippen molar-refractivity contribution in [2.45, 2.75) is 17.8 Å². The van der Waals surface area contributed by atoms with Gasteiger partial charge < -0.3 is 9.64 Å². The summed E-state index contributed by atoms with van der Waals surface area (Å²) in [5.74, 6) is -1.66. The van der Waals surface area contributed by atoms with Gasteiger partial charge in [-0.25, -0.2) is 13.2 Å². The Morgan fingerprint density at radius 3 is 2.19 bits per heavy atom. The predicted octanol–water partition coefficient (Wildman–Crippen LogP) is 1.67. The lowest BCUT2D eigenvalue weighted by Crippen LogP contribution is -2.47. The topological polar surface area (TPSA) is 80.8 Å². The van der Waals surface area contributed by atoms with Crippen LogP contribution in [-0.2, 0) is 25.8 Å². The fourth-order valence-corrected chi connectivity index (χ4v) is 5.14. The average Bonchev–Trinajstić information content (AvgIpc) is 2.93. The number of amides is 1. The molecule has 2 aromatic rings. The van der Waals surface area contributed by atoms with Crippen molar-refractivity contribution >= 4 is 21.7 Å². The van der Waals surface area contributed by atoms with E-state index in [0.717, 1.165) is 10.5 Å². The zero-order valence-corrected chi connectivity index (χ0v) is 15.1. The molecule has 1 heterocycles. The quantitative estimate of drug-likeness (QED) is 0.762. The van der Waals surface area contributed by atoms with Crippen LogP contribution in [-0.4, -0.2) is 49.5 Å². The van der Waals surface area contributed by atoms with Gasteiger partial charge in [-0.15, -0.1) is 0 Å². The second-order valence-corrected chi connectivity index (χ2v) is 8.29. The fraction of sp³-hybridized carbons (Fsp3) is 0.263. The number of ether oxygens (including phenoxy) is 1. The summed E-state index contributed by atoms with van der Waals surface area (Å²) in [7, 11) is -2.50. The van der Waals surface area contributed by atoms with E-state index in [-0.39, 0.29) is 6.42 Å². The Hall–Kier alpha value is -2.67. The van der Waals surface area contributed by atoms with E-state index in [1.165, 1.54) is 7.11 Å². The van der Waals surface area contributed by atoms with E-state index in [0.29, 0.717) is 5.56 Å². The van der Waals surface area contributed by atoms with Gasteiger partial charge in [-0.2, -0.15) is 0 Å². The van der Waals surface area contributed by atoms with Gasteiger partial charge in [0.2, 0.25) is 0 Å². The minimum absolute atomic E-state index is 0.120. The summed E-state index contributed by atoms with van der Waals surface area (Å²) >= 11 is 0. The Bertz CT molecular complexity index is 896. The summed E-state index contributed by atoms with van der Waals surface area (Å²) in [5.41, 5.74) is 1.11. The highest BCUT2D eigenvalue weighted by molar-refractivity contribution is 7.92. The van der Waals surface area contributed by atoms with Crippen LogP contribution >= 0.6 is 0 Å². The van der Waals surface area contributed by atoms with Crippen molar-refractivity contribution in [2.75, 3.05) is 12.9 Å². The Kier molecular flexibility index (Phi) is 5.08. The molecule has 6 nitrogen and oxygen atoms in total. The van der Waals surface area contributed by atoms with E-state index < -0.39 is 38.9 Å². The van der Waals surface area contributed by atoms with E-state index in [4.69, 9.17) is 4.74 Å². The molecular weight excluding hydrogens is 354 g/mol. The van der Waals surface area contributed by atoms with Gasteiger partial charge in [0.15, 0.2) is 9.84 Å². The summed E-state index contributed by atoms with van der Waals surface area (Å²) in [6.45, 7) is 0. The van der Waals surface area contributed by atoms with Crippen molar-refractivity contribution in [3.63, 3.8) is 0 Å². The summed E-state index contributed by atoms with van der Waals surface area (Å²) in [6.07, 6.45) is 0.120. The maximum Gasteiger partial charge on any atom is 0.329 e. The van der Waals surface area contributed by atoms with Crippen molar-refractivity contribution in [1.82, 2.24) is 4.90 Å². The van der Waals surface area contributed by atoms with Gasteiger partial charge >= 0.3 is 5.97 Å². The molecule has 1 aliphatic heterocycles. The van der Waals surface area contributed by atoms with Gasteiger partial charge in [0.05, 0.1) is 12.9 Å². The van der Waals surface area contributed by atoms with Crippen LogP contribution in [0, 0.1) is 0 Å². The molecule has 0 N–H and O–H groups in total. The first kappa shape index (κ1) is 18.1. The standard InChI is InChI=1S/C19H19NO5S/c1-25-19(22)16-13-26(23,24)17(12-14-8-4-2-5-9-14)20(16)18(21)15-10-6-3-7-11-15/h2-11,16-17H,12-13H2,1H3/t16-,17?/m0/s1. The minimum Gasteiger partial charge on any atom is -0.467 e. The van der Waals surface area contributed by atoms with Crippen LogP contribution in [0.25, 0.3) is 0 Å². The molecule has 7 heteroatoms. The van der Waals surface area contributed by atoms with E-state index in [1.807, 2.05) is 6.07 Å². The summed E-state index contributed by atoms with van der Waals surface area (Å²) < 4.78 is 30.2. The molecular formula is C19H19NO5S. The normalized spacial score (nSPS) is 21.3. The highest BCUT2D eigenvalue weighted by atomic mass is 32.2. The number of hydrogen-bond acceptors (Lipinski definition) is 5. The maximum atomic E-state index is 13.0. The average molecular weight is 373 g/mol. The molecule has 1 unspecified atom stereocenters. The van der Waals surface area contributed by atoms with Crippen LogP contribution in [0.3, 0.4) is 0 Å². The first-order valence-corrected chi connectivity index (χ1v) is 9.86. The van der Waals surface area contributed by atoms with Crippen LogP contribution in [0.15, 0.2) is 60.7 Å². The van der Waals surface area contributed by atoms with Crippen molar-refractivity contribution < 1.29 is 22.7 Å². The van der Waals surface area contributed by atoms with Crippen molar-refractivity contribution in [2.24, 2.45) is 0 Å². The van der Waals surface area contributed by atoms with E-state index >= 15 is 0 Å². The monoisotopic (exact) mass is 373 g/mol. The highest BCUT2D eigenvalue weighted by Crippen LogP contribution is 2.29. The molecule has 2 atom stereocenters. The molecule has 2 aromatic carbocycles. The molecule has 26 heavy (non-hydrogen) atoms. The number of sulfone groups is 1. The third-order valence-electron chi connectivity index (χ3n) is 4.43. The van der Waals surface area contributed by atoms with Crippen LogP contribution in [0.1, 0.15) is 15.9 Å². The number of esters is 1. The summed E-state index contributed by atoms with van der Waals surface area (Å²) in [6, 6.07) is 16.2. The first-order valence-electron chi connectivity index (χ1n) is 8.15. The molecule has 0 saturated carbocycles. The zero-order valence-electron chi connectivity index (χ0n) is 14.2. The Morgan fingerprint density at radius 2 is 1.62 bits per heavy atom. The number of methoxy groups -OCH3 is 1. The number of nitrogens with zero attached hydrogens (tertiary/aromatic N) is 1. The molecule has 1 fully saturated rings. The maximum absolute atomic E-state index is 13.0. The van der Waals surface area contributed by atoms with Gasteiger partial charge in [0, 0.05) is 12.0 Å². The fourth-order valence-electron chi connectivity index (χ4n) is 3.15. The smallest absolute Gasteiger partial charge is 0.329 e. The van der Waals surface area contributed by atoms with Gasteiger partial charge in [-0.3, -0.25) is 4.79 Å². The Labute approximate surface area is 152 Å². The third kappa shape index (κ3) is 3.48. The van der Waals surface area contributed by atoms with Gasteiger partial charge in [0.1, 0.15) is 11.4 Å². The Morgan fingerprint density at radius 1 is 1.04 bits per heavy atom. The lowest BCUT2D eigenvalue weighted by molar-refractivity contribution is -0.145. The third-order valence-corrected chi connectivity index (χ3v) is 6.44. The van der Waals surface area contributed by atoms with Crippen LogP contribution in [0.5, 0.6) is 0 Å². The number of carbonyl (C=O) groups excluding carboxylic acids is 2. The number of rotatable bonds is 4. The van der Waals surface area contributed by atoms with Crippen LogP contribution < -0.4 is 0 Å². The van der Waals surface area contributed by atoms with Crippen molar-refractivity contribution in [1.29, 1.82) is 0 Å². The SMILES string of the molecule is COC(=O)[C@@H]1CS(=O)(=O)C(Cc2ccccc2)N1C(=O)c1ccccc1. The summed E-state index contributed by atoms with van der Waals surface area (Å²) in [5, 5.41) is -1.11.